The molecule has 0 bridgehead atoms. The van der Waals surface area contributed by atoms with Crippen LogP contribution in [0.25, 0.3) is 0 Å². The van der Waals surface area contributed by atoms with Gasteiger partial charge in [-0.1, -0.05) is 0 Å². The van der Waals surface area contributed by atoms with Crippen LogP contribution in [0.5, 0.6) is 0 Å². The van der Waals surface area contributed by atoms with Crippen LogP contribution in [0, 0.1) is 67.4 Å². The molecule has 0 spiro atoms. The smallest absolute Gasteiger partial charge is 1.00 e. The van der Waals surface area contributed by atoms with Crippen LogP contribution in [0.4, 0.5) is 0 Å². The van der Waals surface area contributed by atoms with Gasteiger partial charge in [-0.05, 0) is 35.8 Å². The van der Waals surface area contributed by atoms with E-state index < -0.39 is 0 Å². The van der Waals surface area contributed by atoms with Gasteiger partial charge in [-0.15, -0.1) is 0 Å². The standard InChI is InChI=1S/6CBN.HI.H3N.Na/c6*2-1-3;;;/h;;;;;;1H;1H3;/q;;;;;;;;+1/p-1. The molecule has 0 amide bonds. The van der Waals surface area contributed by atoms with Gasteiger partial charge in [0.15, 0.2) is 0 Å². The maximum atomic E-state index is 7.10. The molecule has 0 unspecified atom stereocenters. The summed E-state index contributed by atoms with van der Waals surface area (Å²) < 4.78 is 0. The van der Waals surface area contributed by atoms with Crippen LogP contribution in [0.15, 0.2) is 0 Å². The Morgan fingerprint density at radius 3 is 0.429 bits per heavy atom. The molecule has 21 heavy (non-hydrogen) atoms. The number of hydrogen-bond donors (Lipinski definition) is 1. The van der Waals surface area contributed by atoms with Crippen LogP contribution < -0.4 is 59.7 Å². The van der Waals surface area contributed by atoms with Crippen molar-refractivity contribution >= 4 is 47.1 Å². The van der Waals surface area contributed by atoms with Crippen molar-refractivity contribution in [2.45, 2.75) is 0 Å². The van der Waals surface area contributed by atoms with Crippen molar-refractivity contribution in [2.24, 2.45) is 0 Å². The third-order valence-electron chi connectivity index (χ3n) is 0. The van der Waals surface area contributed by atoms with Crippen molar-refractivity contribution in [2.75, 3.05) is 0 Å². The number of hydrogen-bond acceptors (Lipinski definition) is 7. The van der Waals surface area contributed by atoms with E-state index in [0.29, 0.717) is 0 Å². The second-order valence-electron chi connectivity index (χ2n) is 0.775. The molecule has 88 valence electrons. The summed E-state index contributed by atoms with van der Waals surface area (Å²) in [5.74, 6) is 7.50. The van der Waals surface area contributed by atoms with E-state index in [0.717, 1.165) is 0 Å². The average Bonchev–Trinajstić information content (AvgIpc) is 2.23. The quantitative estimate of drug-likeness (QED) is 0.316. The van der Waals surface area contributed by atoms with E-state index in [9.17, 15) is 0 Å². The zero-order chi connectivity index (χ0) is 16.2. The van der Waals surface area contributed by atoms with Gasteiger partial charge in [-0.3, -0.25) is 0 Å². The first-order valence-electron chi connectivity index (χ1n) is 3.07. The Morgan fingerprint density at radius 2 is 0.429 bits per heavy atom. The minimum atomic E-state index is 0. The molecule has 3 N–H and O–H groups in total. The van der Waals surface area contributed by atoms with E-state index in [2.05, 4.69) is 47.1 Å². The van der Waals surface area contributed by atoms with Crippen LogP contribution in [-0.2, 0) is 0 Å². The van der Waals surface area contributed by atoms with Crippen LogP contribution >= 0.6 is 0 Å². The first kappa shape index (κ1) is 59.6. The Balaban J connectivity index is -0.0000000114. The first-order chi connectivity index (χ1) is 8.49. The summed E-state index contributed by atoms with van der Waals surface area (Å²) in [7, 11) is 24.9. The second kappa shape index (κ2) is 245. The fourth-order valence-corrected chi connectivity index (χ4v) is 0. The van der Waals surface area contributed by atoms with E-state index in [-0.39, 0.29) is 59.7 Å². The van der Waals surface area contributed by atoms with Crippen molar-refractivity contribution in [3.63, 3.8) is 0 Å². The van der Waals surface area contributed by atoms with Gasteiger partial charge in [-0.25, -0.2) is 31.6 Å². The molecule has 15 heteroatoms. The maximum absolute atomic E-state index is 7.10. The van der Waals surface area contributed by atoms with Gasteiger partial charge in [0.05, 0.1) is 0 Å². The number of nitrogens with zero attached hydrogens (tertiary/aromatic N) is 6. The van der Waals surface area contributed by atoms with E-state index >= 15 is 0 Å². The molecule has 0 atom stereocenters. The number of rotatable bonds is 0. The maximum Gasteiger partial charge on any atom is 1.00 e. The van der Waals surface area contributed by atoms with Gasteiger partial charge in [0.25, 0.3) is 0 Å². The van der Waals surface area contributed by atoms with E-state index in [1.165, 1.54) is 35.8 Å². The normalized spacial score (nSPS) is 2.00. The first-order valence-corrected chi connectivity index (χ1v) is 3.07. The zero-order valence-electron chi connectivity index (χ0n) is 11.2. The second-order valence-corrected chi connectivity index (χ2v) is 0.775. The Hall–Kier alpha value is -0.980. The fraction of sp³-hybridized carbons (Fsp3) is 0. The molecule has 0 aromatic carbocycles. The van der Waals surface area contributed by atoms with Crippen molar-refractivity contribution in [1.29, 1.82) is 31.6 Å². The Labute approximate surface area is 173 Å². The Bertz CT molecular complexity index is 264. The molecule has 0 heterocycles. The van der Waals surface area contributed by atoms with Gasteiger partial charge < -0.3 is 30.1 Å². The monoisotopic (exact) mass is 389 g/mol. The molecule has 12 radical (unpaired) electrons. The molecule has 0 saturated carbocycles. The van der Waals surface area contributed by atoms with Gasteiger partial charge in [0.2, 0.25) is 47.1 Å². The van der Waals surface area contributed by atoms with Gasteiger partial charge in [0.1, 0.15) is 0 Å². The minimum absolute atomic E-state index is 0. The number of halogens is 1. The number of nitriles is 6. The molecule has 0 aromatic heterocycles. The van der Waals surface area contributed by atoms with Crippen molar-refractivity contribution < 1.29 is 53.5 Å². The Morgan fingerprint density at radius 1 is 0.429 bits per heavy atom. The molecule has 0 aromatic rings. The summed E-state index contributed by atoms with van der Waals surface area (Å²) in [6.07, 6.45) is 0. The van der Waals surface area contributed by atoms with E-state index in [1.54, 1.807) is 0 Å². The van der Waals surface area contributed by atoms with Crippen LogP contribution in [-0.4, -0.2) is 47.1 Å². The van der Waals surface area contributed by atoms with Gasteiger partial charge in [-0.2, -0.15) is 0 Å². The summed E-state index contributed by atoms with van der Waals surface area (Å²) in [4.78, 5) is 0. The molecule has 0 aliphatic rings. The average molecular weight is 388 g/mol. The van der Waals surface area contributed by atoms with Crippen molar-refractivity contribution in [3.8, 4) is 35.8 Å². The van der Waals surface area contributed by atoms with Gasteiger partial charge in [0, 0.05) is 0 Å². The largest absolute Gasteiger partial charge is 1.00 e. The summed E-state index contributed by atoms with van der Waals surface area (Å²) in [6.45, 7) is 0. The third kappa shape index (κ3) is 5730. The predicted octanol–water partition coefficient (Wildman–Crippen LogP) is -8.01. The minimum Gasteiger partial charge on any atom is -1.00 e. The molecule has 0 aliphatic heterocycles. The molecule has 0 fully saturated rings. The topological polar surface area (TPSA) is 178 Å². The Kier molecular flexibility index (Phi) is 696. The van der Waals surface area contributed by atoms with Crippen LogP contribution in [0.1, 0.15) is 0 Å². The molecular formula is C6H3B6IN7Na. The SMILES string of the molecule is N.[B]C#N.[B]C#N.[B]C#N.[B]C#N.[B]C#N.[B]C#N.[I-].[Na+]. The zero-order valence-corrected chi connectivity index (χ0v) is 15.4. The van der Waals surface area contributed by atoms with Crippen LogP contribution in [0.2, 0.25) is 0 Å². The van der Waals surface area contributed by atoms with Crippen molar-refractivity contribution in [3.05, 3.63) is 0 Å². The molecule has 0 aliphatic carbocycles. The summed E-state index contributed by atoms with van der Waals surface area (Å²) >= 11 is 0. The van der Waals surface area contributed by atoms with E-state index in [4.69, 9.17) is 31.6 Å². The summed E-state index contributed by atoms with van der Waals surface area (Å²) in [5, 5.41) is 42.6. The van der Waals surface area contributed by atoms with Crippen LogP contribution in [0.3, 0.4) is 0 Å². The van der Waals surface area contributed by atoms with Gasteiger partial charge >= 0.3 is 29.6 Å². The predicted molar refractivity (Wildman–Crippen MR) is 73.2 cm³/mol. The fourth-order valence-electron chi connectivity index (χ4n) is 0. The third-order valence-corrected chi connectivity index (χ3v) is 0. The molecule has 7 nitrogen and oxygen atoms in total. The molecule has 0 saturated heterocycles. The van der Waals surface area contributed by atoms with E-state index in [1.807, 2.05) is 0 Å². The summed E-state index contributed by atoms with van der Waals surface area (Å²) in [6, 6.07) is 0. The molecular weight excluding hydrogens is 385 g/mol. The summed E-state index contributed by atoms with van der Waals surface area (Å²) in [5.41, 5.74) is 0. The molecule has 0 rings (SSSR count). The van der Waals surface area contributed by atoms with Crippen molar-refractivity contribution in [1.82, 2.24) is 6.15 Å².